The third-order valence-corrected chi connectivity index (χ3v) is 3.22. The molecule has 9 heteroatoms. The van der Waals surface area contributed by atoms with Crippen molar-refractivity contribution in [3.05, 3.63) is 34.9 Å². The number of likely N-dealkylation sites (tertiary alicyclic amines) is 1. The van der Waals surface area contributed by atoms with E-state index in [1.165, 1.54) is 0 Å². The molecule has 0 aromatic heterocycles. The predicted octanol–water partition coefficient (Wildman–Crippen LogP) is -0.219. The minimum absolute atomic E-state index is 0.194. The summed E-state index contributed by atoms with van der Waals surface area (Å²) in [6.45, 7) is -0.950. The molecule has 1 heterocycles. The Bertz CT molecular complexity index is 571. The van der Waals surface area contributed by atoms with Crippen LogP contribution in [0.15, 0.2) is 6.07 Å². The Morgan fingerprint density at radius 2 is 1.52 bits per heavy atom. The second-order valence-electron chi connectivity index (χ2n) is 4.68. The molecule has 1 aromatic carbocycles. The third-order valence-electron chi connectivity index (χ3n) is 3.22. The summed E-state index contributed by atoms with van der Waals surface area (Å²) >= 11 is 0. The van der Waals surface area contributed by atoms with Crippen LogP contribution >= 0.6 is 0 Å². The van der Waals surface area contributed by atoms with E-state index >= 15 is 0 Å². The van der Waals surface area contributed by atoms with Gasteiger partial charge >= 0.3 is 0 Å². The Hall–Kier alpha value is -1.71. The number of hydrogen-bond acceptors (Lipinski definition) is 4. The van der Waals surface area contributed by atoms with Crippen molar-refractivity contribution in [2.75, 3.05) is 13.1 Å². The largest absolute Gasteiger partial charge is 0.388 e. The maximum atomic E-state index is 13.5. The topological polar surface area (TPSA) is 81.0 Å². The van der Waals surface area contributed by atoms with Gasteiger partial charge in [-0.05, 0) is 6.07 Å². The lowest BCUT2D eigenvalue weighted by atomic mass is 10.0. The molecule has 116 valence electrons. The van der Waals surface area contributed by atoms with E-state index in [-0.39, 0.29) is 6.07 Å². The molecule has 5 nitrogen and oxygen atoms in total. The highest BCUT2D eigenvalue weighted by Crippen LogP contribution is 2.22. The molecule has 3 N–H and O–H groups in total. The van der Waals surface area contributed by atoms with Gasteiger partial charge in [-0.3, -0.25) is 4.79 Å². The molecule has 0 aliphatic carbocycles. The van der Waals surface area contributed by atoms with Crippen molar-refractivity contribution < 1.29 is 37.7 Å². The number of halogens is 4. The van der Waals surface area contributed by atoms with Gasteiger partial charge in [0, 0.05) is 13.1 Å². The molecule has 0 radical (unpaired) electrons. The van der Waals surface area contributed by atoms with E-state index in [4.69, 9.17) is 0 Å². The summed E-state index contributed by atoms with van der Waals surface area (Å²) in [5, 5.41) is 28.2. The summed E-state index contributed by atoms with van der Waals surface area (Å²) in [6, 6.07) is 0.194. The molecular formula is C12H11F4NO4. The standard InChI is InChI=1S/C12H11F4NO4/c13-5-1-4(8(14)10(16)9(5)15)12(21)17-2-6(18)11(20)7(19)3-17/h1,6-7,11,18-20H,2-3H2/t6-,7+,11?. The number of benzene rings is 1. The first-order chi connectivity index (χ1) is 9.73. The van der Waals surface area contributed by atoms with E-state index in [2.05, 4.69) is 0 Å². The first kappa shape index (κ1) is 15.7. The van der Waals surface area contributed by atoms with Crippen molar-refractivity contribution in [2.24, 2.45) is 0 Å². The highest BCUT2D eigenvalue weighted by atomic mass is 19.2. The van der Waals surface area contributed by atoms with Crippen LogP contribution in [0.1, 0.15) is 10.4 Å². The first-order valence-electron chi connectivity index (χ1n) is 5.90. The Balaban J connectivity index is 2.33. The first-order valence-corrected chi connectivity index (χ1v) is 5.90. The van der Waals surface area contributed by atoms with Crippen LogP contribution in [0.4, 0.5) is 17.6 Å². The Morgan fingerprint density at radius 3 is 2.05 bits per heavy atom. The van der Waals surface area contributed by atoms with Gasteiger partial charge in [0.25, 0.3) is 5.91 Å². The quantitative estimate of drug-likeness (QED) is 0.381. The molecule has 1 aromatic rings. The summed E-state index contributed by atoms with van der Waals surface area (Å²) in [4.78, 5) is 12.7. The summed E-state index contributed by atoms with van der Waals surface area (Å²) in [7, 11) is 0. The van der Waals surface area contributed by atoms with Crippen LogP contribution < -0.4 is 0 Å². The monoisotopic (exact) mass is 309 g/mol. The minimum Gasteiger partial charge on any atom is -0.388 e. The number of amides is 1. The van der Waals surface area contributed by atoms with Gasteiger partial charge in [0.1, 0.15) is 18.3 Å². The summed E-state index contributed by atoms with van der Waals surface area (Å²) in [6.07, 6.45) is -4.51. The van der Waals surface area contributed by atoms with Gasteiger partial charge in [-0.25, -0.2) is 17.6 Å². The zero-order valence-corrected chi connectivity index (χ0v) is 10.4. The average molecular weight is 309 g/mol. The van der Waals surface area contributed by atoms with Gasteiger partial charge in [0.15, 0.2) is 23.3 Å². The molecule has 0 saturated carbocycles. The number of rotatable bonds is 1. The number of nitrogens with zero attached hydrogens (tertiary/aromatic N) is 1. The molecule has 1 saturated heterocycles. The number of aliphatic hydroxyl groups excluding tert-OH is 3. The number of carbonyl (C=O) groups is 1. The van der Waals surface area contributed by atoms with E-state index in [0.29, 0.717) is 4.90 Å². The highest BCUT2D eigenvalue weighted by molar-refractivity contribution is 5.94. The number of aliphatic hydroxyl groups is 3. The van der Waals surface area contributed by atoms with E-state index in [1.54, 1.807) is 0 Å². The molecule has 1 fully saturated rings. The zero-order valence-electron chi connectivity index (χ0n) is 10.4. The predicted molar refractivity (Wildman–Crippen MR) is 60.2 cm³/mol. The van der Waals surface area contributed by atoms with Crippen LogP contribution in [0, 0.1) is 23.3 Å². The number of piperidine rings is 1. The van der Waals surface area contributed by atoms with E-state index < -0.39 is 66.1 Å². The average Bonchev–Trinajstić information content (AvgIpc) is 2.45. The van der Waals surface area contributed by atoms with Gasteiger partial charge < -0.3 is 20.2 Å². The molecule has 1 aliphatic rings. The molecule has 3 atom stereocenters. The fourth-order valence-electron chi connectivity index (χ4n) is 2.06. The maximum Gasteiger partial charge on any atom is 0.257 e. The van der Waals surface area contributed by atoms with E-state index in [1.807, 2.05) is 0 Å². The van der Waals surface area contributed by atoms with Crippen molar-refractivity contribution >= 4 is 5.91 Å². The van der Waals surface area contributed by atoms with Gasteiger partial charge in [0.05, 0.1) is 5.56 Å². The lowest BCUT2D eigenvalue weighted by Crippen LogP contribution is -2.56. The Labute approximate surface area is 116 Å². The van der Waals surface area contributed by atoms with Crippen LogP contribution in [0.3, 0.4) is 0 Å². The van der Waals surface area contributed by atoms with Gasteiger partial charge in [0.2, 0.25) is 0 Å². The number of hydrogen-bond donors (Lipinski definition) is 3. The van der Waals surface area contributed by atoms with E-state index in [9.17, 15) is 37.7 Å². The van der Waals surface area contributed by atoms with Crippen molar-refractivity contribution in [2.45, 2.75) is 18.3 Å². The van der Waals surface area contributed by atoms with Crippen molar-refractivity contribution in [3.63, 3.8) is 0 Å². The second-order valence-corrected chi connectivity index (χ2v) is 4.68. The van der Waals surface area contributed by atoms with E-state index in [0.717, 1.165) is 0 Å². The van der Waals surface area contributed by atoms with Crippen molar-refractivity contribution in [3.8, 4) is 0 Å². The molecule has 1 unspecified atom stereocenters. The molecule has 21 heavy (non-hydrogen) atoms. The van der Waals surface area contributed by atoms with Crippen LogP contribution in [-0.2, 0) is 0 Å². The van der Waals surface area contributed by atoms with Gasteiger partial charge in [-0.1, -0.05) is 0 Å². The number of β-amino-alcohol motifs (C(OH)–C–C–N with tert-alkyl or cyclic N) is 2. The third kappa shape index (κ3) is 2.71. The number of carbonyl (C=O) groups excluding carboxylic acids is 1. The lowest BCUT2D eigenvalue weighted by molar-refractivity contribution is -0.101. The fourth-order valence-corrected chi connectivity index (χ4v) is 2.06. The van der Waals surface area contributed by atoms with Crippen LogP contribution in [0.25, 0.3) is 0 Å². The molecule has 0 bridgehead atoms. The Kier molecular flexibility index (Phi) is 4.17. The van der Waals surface area contributed by atoms with Crippen molar-refractivity contribution in [1.82, 2.24) is 4.90 Å². The highest BCUT2D eigenvalue weighted by Gasteiger charge is 2.37. The molecule has 1 aliphatic heterocycles. The lowest BCUT2D eigenvalue weighted by Gasteiger charge is -2.36. The normalized spacial score (nSPS) is 26.0. The smallest absolute Gasteiger partial charge is 0.257 e. The summed E-state index contributed by atoms with van der Waals surface area (Å²) in [5.74, 6) is -9.02. The summed E-state index contributed by atoms with van der Waals surface area (Å²) < 4.78 is 52.5. The van der Waals surface area contributed by atoms with Crippen LogP contribution in [0.2, 0.25) is 0 Å². The molecule has 2 rings (SSSR count). The Morgan fingerprint density at radius 1 is 1.00 bits per heavy atom. The minimum atomic E-state index is -2.13. The molecule has 1 amide bonds. The molecule has 0 spiro atoms. The van der Waals surface area contributed by atoms with Gasteiger partial charge in [-0.15, -0.1) is 0 Å². The molecular weight excluding hydrogens is 298 g/mol. The van der Waals surface area contributed by atoms with Gasteiger partial charge in [-0.2, -0.15) is 0 Å². The SMILES string of the molecule is O=C(c1cc(F)c(F)c(F)c1F)N1C[C@@H](O)C(O)[C@@H](O)C1. The van der Waals surface area contributed by atoms with Crippen LogP contribution in [-0.4, -0.2) is 57.5 Å². The summed E-state index contributed by atoms with van der Waals surface area (Å²) in [5.41, 5.74) is -1.07. The maximum absolute atomic E-state index is 13.5. The second kappa shape index (κ2) is 5.58. The van der Waals surface area contributed by atoms with Crippen LogP contribution in [0.5, 0.6) is 0 Å². The zero-order chi connectivity index (χ0) is 15.9. The van der Waals surface area contributed by atoms with Crippen molar-refractivity contribution in [1.29, 1.82) is 0 Å². The fraction of sp³-hybridized carbons (Fsp3) is 0.417.